The van der Waals surface area contributed by atoms with Crippen LogP contribution in [0.5, 0.6) is 0 Å². The Kier molecular flexibility index (Phi) is 4.56. The molecule has 0 unspecified atom stereocenters. The van der Waals surface area contributed by atoms with Gasteiger partial charge < -0.3 is 14.2 Å². The number of amides is 1. The van der Waals surface area contributed by atoms with Crippen molar-refractivity contribution in [1.29, 1.82) is 0 Å². The van der Waals surface area contributed by atoms with Crippen LogP contribution in [0, 0.1) is 0 Å². The predicted molar refractivity (Wildman–Crippen MR) is 94.9 cm³/mol. The molecule has 9 heteroatoms. The maximum absolute atomic E-state index is 13.0. The zero-order chi connectivity index (χ0) is 18.4. The van der Waals surface area contributed by atoms with Crippen molar-refractivity contribution < 1.29 is 17.9 Å². The molecule has 1 aromatic rings. The first-order valence-electron chi connectivity index (χ1n) is 9.32. The van der Waals surface area contributed by atoms with E-state index >= 15 is 0 Å². The number of ether oxygens (including phenoxy) is 1. The number of carbonyl (C=O) groups is 1. The summed E-state index contributed by atoms with van der Waals surface area (Å²) in [5.74, 6) is 0.863. The van der Waals surface area contributed by atoms with Gasteiger partial charge in [-0.2, -0.15) is 0 Å². The first kappa shape index (κ1) is 17.9. The molecule has 4 rings (SSSR count). The molecule has 2 fully saturated rings. The standard InChI is InChI=1S/C17H26N4O4S/c1-26(23,24)21-10-5-17(6-11-21)16-18-7-12-20(16)13-14(25-17)15(22)19-8-3-2-4-9-19/h7,12,14H,2-6,8-11,13H2,1H3/t14-/m1/s1. The van der Waals surface area contributed by atoms with E-state index in [1.807, 2.05) is 15.7 Å². The van der Waals surface area contributed by atoms with E-state index in [9.17, 15) is 13.2 Å². The Hall–Kier alpha value is -1.45. The number of imidazole rings is 1. The number of likely N-dealkylation sites (tertiary alicyclic amines) is 1. The summed E-state index contributed by atoms with van der Waals surface area (Å²) in [6, 6.07) is 0. The Bertz CT molecular complexity index is 776. The number of aromatic nitrogens is 2. The molecule has 144 valence electrons. The summed E-state index contributed by atoms with van der Waals surface area (Å²) in [5.41, 5.74) is -0.681. The van der Waals surface area contributed by atoms with E-state index in [1.165, 1.54) is 17.0 Å². The fourth-order valence-corrected chi connectivity index (χ4v) is 5.21. The Morgan fingerprint density at radius 3 is 2.54 bits per heavy atom. The maximum Gasteiger partial charge on any atom is 0.253 e. The minimum absolute atomic E-state index is 0.0500. The number of hydrogen-bond acceptors (Lipinski definition) is 5. The molecule has 1 atom stereocenters. The first-order chi connectivity index (χ1) is 12.4. The lowest BCUT2D eigenvalue weighted by Gasteiger charge is -2.45. The van der Waals surface area contributed by atoms with E-state index in [1.54, 1.807) is 6.20 Å². The van der Waals surface area contributed by atoms with Gasteiger partial charge in [-0.25, -0.2) is 17.7 Å². The summed E-state index contributed by atoms with van der Waals surface area (Å²) < 4.78 is 33.5. The average molecular weight is 382 g/mol. The van der Waals surface area contributed by atoms with Crippen molar-refractivity contribution >= 4 is 15.9 Å². The zero-order valence-electron chi connectivity index (χ0n) is 15.1. The van der Waals surface area contributed by atoms with Crippen LogP contribution in [0.2, 0.25) is 0 Å². The molecular formula is C17H26N4O4S. The third-order valence-electron chi connectivity index (χ3n) is 5.80. The fourth-order valence-electron chi connectivity index (χ4n) is 4.36. The van der Waals surface area contributed by atoms with Gasteiger partial charge in [-0.3, -0.25) is 4.79 Å². The van der Waals surface area contributed by atoms with Crippen molar-refractivity contribution in [2.24, 2.45) is 0 Å². The second-order valence-corrected chi connectivity index (χ2v) is 9.53. The predicted octanol–water partition coefficient (Wildman–Crippen LogP) is 0.545. The van der Waals surface area contributed by atoms with Crippen molar-refractivity contribution in [1.82, 2.24) is 18.8 Å². The summed E-state index contributed by atoms with van der Waals surface area (Å²) in [5, 5.41) is 0. The monoisotopic (exact) mass is 382 g/mol. The van der Waals surface area contributed by atoms with E-state index in [4.69, 9.17) is 4.74 Å². The van der Waals surface area contributed by atoms with E-state index in [0.717, 1.165) is 31.8 Å². The van der Waals surface area contributed by atoms with Crippen LogP contribution in [-0.2, 0) is 31.7 Å². The van der Waals surface area contributed by atoms with Crippen LogP contribution in [0.3, 0.4) is 0 Å². The molecule has 0 bridgehead atoms. The van der Waals surface area contributed by atoms with Gasteiger partial charge in [0.1, 0.15) is 11.4 Å². The number of nitrogens with zero attached hydrogens (tertiary/aromatic N) is 4. The summed E-state index contributed by atoms with van der Waals surface area (Å²) in [4.78, 5) is 19.4. The average Bonchev–Trinajstić information content (AvgIpc) is 3.11. The number of fused-ring (bicyclic) bond motifs is 2. The van der Waals surface area contributed by atoms with Crippen molar-refractivity contribution in [2.75, 3.05) is 32.4 Å². The lowest BCUT2D eigenvalue weighted by atomic mass is 9.89. The molecule has 1 spiro atoms. The highest BCUT2D eigenvalue weighted by Crippen LogP contribution is 2.40. The van der Waals surface area contributed by atoms with Gasteiger partial charge in [0.05, 0.1) is 12.8 Å². The van der Waals surface area contributed by atoms with Gasteiger partial charge in [0.2, 0.25) is 10.0 Å². The molecule has 0 saturated carbocycles. The summed E-state index contributed by atoms with van der Waals surface area (Å²) in [6.45, 7) is 2.84. The Balaban J connectivity index is 1.56. The number of piperidine rings is 2. The van der Waals surface area contributed by atoms with Crippen LogP contribution in [-0.4, -0.2) is 71.6 Å². The SMILES string of the molecule is CS(=O)(=O)N1CCC2(CC1)O[C@@H](C(=O)N1CCCCC1)Cn1ccnc12. The van der Waals surface area contributed by atoms with E-state index in [2.05, 4.69) is 4.98 Å². The smallest absolute Gasteiger partial charge is 0.253 e. The Morgan fingerprint density at radius 2 is 1.88 bits per heavy atom. The Labute approximate surface area is 154 Å². The lowest BCUT2D eigenvalue weighted by molar-refractivity contribution is -0.179. The molecule has 1 aromatic heterocycles. The van der Waals surface area contributed by atoms with Crippen LogP contribution in [0.1, 0.15) is 37.9 Å². The van der Waals surface area contributed by atoms with Crippen molar-refractivity contribution in [3.8, 4) is 0 Å². The van der Waals surface area contributed by atoms with Crippen LogP contribution in [0.4, 0.5) is 0 Å². The third-order valence-corrected chi connectivity index (χ3v) is 7.10. The van der Waals surface area contributed by atoms with Gasteiger partial charge in [-0.05, 0) is 32.1 Å². The molecule has 26 heavy (non-hydrogen) atoms. The molecule has 0 radical (unpaired) electrons. The van der Waals surface area contributed by atoms with E-state index in [-0.39, 0.29) is 5.91 Å². The highest BCUT2D eigenvalue weighted by Gasteiger charge is 2.48. The summed E-state index contributed by atoms with van der Waals surface area (Å²) >= 11 is 0. The van der Waals surface area contributed by atoms with Crippen molar-refractivity contribution in [3.63, 3.8) is 0 Å². The molecule has 0 N–H and O–H groups in total. The van der Waals surface area contributed by atoms with Gasteiger partial charge in [0.15, 0.2) is 6.10 Å². The van der Waals surface area contributed by atoms with Gasteiger partial charge >= 0.3 is 0 Å². The number of carbonyl (C=O) groups excluding carboxylic acids is 1. The first-order valence-corrected chi connectivity index (χ1v) is 11.2. The van der Waals surface area contributed by atoms with Crippen LogP contribution in [0.15, 0.2) is 12.4 Å². The molecule has 2 saturated heterocycles. The molecule has 4 heterocycles. The van der Waals surface area contributed by atoms with Gasteiger partial charge in [-0.1, -0.05) is 0 Å². The van der Waals surface area contributed by atoms with Gasteiger partial charge in [0.25, 0.3) is 5.91 Å². The van der Waals surface area contributed by atoms with E-state index < -0.39 is 21.7 Å². The zero-order valence-corrected chi connectivity index (χ0v) is 15.9. The highest BCUT2D eigenvalue weighted by atomic mass is 32.2. The normalized spacial score (nSPS) is 26.7. The van der Waals surface area contributed by atoms with Crippen LogP contribution in [0.25, 0.3) is 0 Å². The number of sulfonamides is 1. The van der Waals surface area contributed by atoms with Crippen LogP contribution >= 0.6 is 0 Å². The Morgan fingerprint density at radius 1 is 1.19 bits per heavy atom. The molecule has 3 aliphatic heterocycles. The largest absolute Gasteiger partial charge is 0.352 e. The van der Waals surface area contributed by atoms with Crippen molar-refractivity contribution in [2.45, 2.75) is 50.4 Å². The van der Waals surface area contributed by atoms with Crippen LogP contribution < -0.4 is 0 Å². The topological polar surface area (TPSA) is 84.7 Å². The molecule has 3 aliphatic rings. The molecule has 1 amide bonds. The summed E-state index contributed by atoms with van der Waals surface area (Å²) in [7, 11) is -3.22. The molecule has 8 nitrogen and oxygen atoms in total. The van der Waals surface area contributed by atoms with E-state index in [0.29, 0.717) is 32.5 Å². The second-order valence-electron chi connectivity index (χ2n) is 7.55. The lowest BCUT2D eigenvalue weighted by Crippen LogP contribution is -2.55. The second kappa shape index (κ2) is 6.61. The minimum atomic E-state index is -3.22. The highest BCUT2D eigenvalue weighted by molar-refractivity contribution is 7.88. The third kappa shape index (κ3) is 3.16. The van der Waals surface area contributed by atoms with Gasteiger partial charge in [0, 0.05) is 38.6 Å². The molecule has 0 aliphatic carbocycles. The molecular weight excluding hydrogens is 356 g/mol. The quantitative estimate of drug-likeness (QED) is 0.746. The number of rotatable bonds is 2. The summed E-state index contributed by atoms with van der Waals surface area (Å²) in [6.07, 6.45) is 8.62. The van der Waals surface area contributed by atoms with Gasteiger partial charge in [-0.15, -0.1) is 0 Å². The maximum atomic E-state index is 13.0. The number of hydrogen-bond donors (Lipinski definition) is 0. The van der Waals surface area contributed by atoms with Crippen molar-refractivity contribution in [3.05, 3.63) is 18.2 Å². The fraction of sp³-hybridized carbons (Fsp3) is 0.765. The minimum Gasteiger partial charge on any atom is -0.352 e. The molecule has 0 aromatic carbocycles.